The van der Waals surface area contributed by atoms with Gasteiger partial charge in [0.15, 0.2) is 0 Å². The van der Waals surface area contributed by atoms with E-state index in [1.807, 2.05) is 13.8 Å². The maximum atomic E-state index is 13.6. The zero-order valence-corrected chi connectivity index (χ0v) is 12.7. The molecule has 1 N–H and O–H groups in total. The van der Waals surface area contributed by atoms with E-state index in [0.717, 1.165) is 0 Å². The average Bonchev–Trinajstić information content (AvgIpc) is 2.38. The summed E-state index contributed by atoms with van der Waals surface area (Å²) in [6.07, 6.45) is 0. The number of halogens is 1. The fourth-order valence-corrected chi connectivity index (χ4v) is 1.75. The molecule has 0 bridgehead atoms. The molecular weight excluding hydrogens is 279 g/mol. The van der Waals surface area contributed by atoms with Crippen LogP contribution in [-0.4, -0.2) is 36.9 Å². The lowest BCUT2D eigenvalue weighted by atomic mass is 10.2. The highest BCUT2D eigenvalue weighted by Crippen LogP contribution is 2.15. The van der Waals surface area contributed by atoms with Crippen molar-refractivity contribution in [1.82, 2.24) is 10.2 Å². The van der Waals surface area contributed by atoms with Gasteiger partial charge in [-0.1, -0.05) is 13.8 Å². The first-order chi connectivity index (χ1) is 9.31. The Kier molecular flexibility index (Phi) is 6.01. The van der Waals surface area contributed by atoms with Crippen LogP contribution in [0.15, 0.2) is 23.1 Å². The Balaban J connectivity index is 2.67. The molecule has 0 atom stereocenters. The summed E-state index contributed by atoms with van der Waals surface area (Å²) in [5.41, 5.74) is -0.0864. The van der Waals surface area contributed by atoms with Crippen LogP contribution < -0.4 is 5.32 Å². The predicted octanol–water partition coefficient (Wildman–Crippen LogP) is 1.96. The highest BCUT2D eigenvalue weighted by atomic mass is 32.1. The van der Waals surface area contributed by atoms with Gasteiger partial charge in [-0.3, -0.25) is 9.59 Å². The Morgan fingerprint density at radius 3 is 2.65 bits per heavy atom. The minimum atomic E-state index is -0.623. The second-order valence-corrected chi connectivity index (χ2v) is 5.54. The average molecular weight is 298 g/mol. The maximum Gasteiger partial charge on any atom is 0.257 e. The summed E-state index contributed by atoms with van der Waals surface area (Å²) in [6.45, 7) is 4.38. The van der Waals surface area contributed by atoms with Crippen molar-refractivity contribution in [1.29, 1.82) is 0 Å². The standard InChI is InChI=1S/C14H19FN2O2S/c1-9(2)7-16-13(18)8-17(3)14(19)11-6-10(20)4-5-12(11)15/h4-6,9,20H,7-8H2,1-3H3,(H,16,18). The van der Waals surface area contributed by atoms with Crippen molar-refractivity contribution >= 4 is 24.4 Å². The number of thiol groups is 1. The lowest BCUT2D eigenvalue weighted by Crippen LogP contribution is -2.39. The molecule has 20 heavy (non-hydrogen) atoms. The lowest BCUT2D eigenvalue weighted by Gasteiger charge is -2.18. The number of amides is 2. The Hall–Kier alpha value is -1.56. The van der Waals surface area contributed by atoms with Gasteiger partial charge in [0.25, 0.3) is 5.91 Å². The van der Waals surface area contributed by atoms with Gasteiger partial charge in [0.1, 0.15) is 5.82 Å². The Morgan fingerprint density at radius 2 is 2.05 bits per heavy atom. The molecule has 0 unspecified atom stereocenters. The van der Waals surface area contributed by atoms with E-state index >= 15 is 0 Å². The zero-order valence-electron chi connectivity index (χ0n) is 11.8. The van der Waals surface area contributed by atoms with Gasteiger partial charge in [-0.2, -0.15) is 0 Å². The van der Waals surface area contributed by atoms with Crippen molar-refractivity contribution in [2.24, 2.45) is 5.92 Å². The summed E-state index contributed by atoms with van der Waals surface area (Å²) in [7, 11) is 1.46. The second kappa shape index (κ2) is 7.28. The number of rotatable bonds is 5. The first-order valence-electron chi connectivity index (χ1n) is 6.32. The fourth-order valence-electron chi connectivity index (χ4n) is 1.54. The third-order valence-corrected chi connectivity index (χ3v) is 2.89. The molecule has 0 aromatic heterocycles. The monoisotopic (exact) mass is 298 g/mol. The van der Waals surface area contributed by atoms with Crippen LogP contribution in [0, 0.1) is 11.7 Å². The van der Waals surface area contributed by atoms with Crippen molar-refractivity contribution < 1.29 is 14.0 Å². The van der Waals surface area contributed by atoms with Gasteiger partial charge in [-0.05, 0) is 24.1 Å². The summed E-state index contributed by atoms with van der Waals surface area (Å²) in [4.78, 5) is 25.4. The van der Waals surface area contributed by atoms with E-state index in [0.29, 0.717) is 17.4 Å². The highest BCUT2D eigenvalue weighted by molar-refractivity contribution is 7.80. The summed E-state index contributed by atoms with van der Waals surface area (Å²) in [5.74, 6) is -1.10. The topological polar surface area (TPSA) is 49.4 Å². The van der Waals surface area contributed by atoms with E-state index in [1.165, 1.54) is 30.1 Å². The smallest absolute Gasteiger partial charge is 0.257 e. The van der Waals surface area contributed by atoms with E-state index in [-0.39, 0.29) is 18.0 Å². The third kappa shape index (κ3) is 4.85. The fraction of sp³-hybridized carbons (Fsp3) is 0.429. The van der Waals surface area contributed by atoms with Crippen molar-refractivity contribution in [3.63, 3.8) is 0 Å². The maximum absolute atomic E-state index is 13.6. The molecule has 2 amide bonds. The Labute approximate surface area is 123 Å². The van der Waals surface area contributed by atoms with Crippen LogP contribution in [0.25, 0.3) is 0 Å². The van der Waals surface area contributed by atoms with Gasteiger partial charge >= 0.3 is 0 Å². The zero-order chi connectivity index (χ0) is 15.3. The minimum Gasteiger partial charge on any atom is -0.354 e. The van der Waals surface area contributed by atoms with E-state index in [2.05, 4.69) is 17.9 Å². The van der Waals surface area contributed by atoms with Gasteiger partial charge in [-0.15, -0.1) is 12.6 Å². The number of carbonyl (C=O) groups excluding carboxylic acids is 2. The molecule has 1 aromatic carbocycles. The highest BCUT2D eigenvalue weighted by Gasteiger charge is 2.18. The van der Waals surface area contributed by atoms with Crippen LogP contribution in [0.5, 0.6) is 0 Å². The summed E-state index contributed by atoms with van der Waals surface area (Å²) in [6, 6.07) is 4.00. The van der Waals surface area contributed by atoms with E-state index in [9.17, 15) is 14.0 Å². The van der Waals surface area contributed by atoms with Crippen molar-refractivity contribution in [2.75, 3.05) is 20.1 Å². The number of hydrogen-bond acceptors (Lipinski definition) is 3. The number of likely N-dealkylation sites (N-methyl/N-ethyl adjacent to an activating group) is 1. The number of nitrogens with zero attached hydrogens (tertiary/aromatic N) is 1. The van der Waals surface area contributed by atoms with Crippen LogP contribution in [0.4, 0.5) is 4.39 Å². The van der Waals surface area contributed by atoms with Gasteiger partial charge < -0.3 is 10.2 Å². The number of nitrogens with one attached hydrogen (secondary N) is 1. The molecule has 0 spiro atoms. The van der Waals surface area contributed by atoms with Crippen LogP contribution >= 0.6 is 12.6 Å². The Morgan fingerprint density at radius 1 is 1.40 bits per heavy atom. The first kappa shape index (κ1) is 16.5. The second-order valence-electron chi connectivity index (χ2n) is 5.02. The normalized spacial score (nSPS) is 10.5. The molecule has 1 rings (SSSR count). The molecule has 0 aliphatic rings. The number of hydrogen-bond donors (Lipinski definition) is 2. The minimum absolute atomic E-state index is 0.0864. The number of benzene rings is 1. The molecule has 0 fully saturated rings. The summed E-state index contributed by atoms with van der Waals surface area (Å²) >= 11 is 4.07. The molecule has 0 aliphatic heterocycles. The molecule has 0 saturated heterocycles. The van der Waals surface area contributed by atoms with E-state index in [4.69, 9.17) is 0 Å². The molecule has 1 aromatic rings. The largest absolute Gasteiger partial charge is 0.354 e. The van der Waals surface area contributed by atoms with E-state index in [1.54, 1.807) is 0 Å². The third-order valence-electron chi connectivity index (χ3n) is 2.62. The molecule has 0 heterocycles. The summed E-state index contributed by atoms with van der Waals surface area (Å²) in [5, 5.41) is 2.70. The van der Waals surface area contributed by atoms with Crippen LogP contribution in [-0.2, 0) is 4.79 Å². The van der Waals surface area contributed by atoms with Gasteiger partial charge in [-0.25, -0.2) is 4.39 Å². The molecule has 110 valence electrons. The van der Waals surface area contributed by atoms with Crippen molar-refractivity contribution in [2.45, 2.75) is 18.7 Å². The van der Waals surface area contributed by atoms with Crippen molar-refractivity contribution in [3.8, 4) is 0 Å². The molecular formula is C14H19FN2O2S. The SMILES string of the molecule is CC(C)CNC(=O)CN(C)C(=O)c1cc(S)ccc1F. The molecule has 0 aliphatic carbocycles. The molecule has 4 nitrogen and oxygen atoms in total. The first-order valence-corrected chi connectivity index (χ1v) is 6.76. The predicted molar refractivity (Wildman–Crippen MR) is 78.5 cm³/mol. The van der Waals surface area contributed by atoms with Crippen LogP contribution in [0.1, 0.15) is 24.2 Å². The van der Waals surface area contributed by atoms with Crippen molar-refractivity contribution in [3.05, 3.63) is 29.6 Å². The molecule has 0 radical (unpaired) electrons. The number of carbonyl (C=O) groups is 2. The Bertz CT molecular complexity index is 506. The van der Waals surface area contributed by atoms with E-state index < -0.39 is 11.7 Å². The lowest BCUT2D eigenvalue weighted by molar-refractivity contribution is -0.121. The molecule has 6 heteroatoms. The summed E-state index contributed by atoms with van der Waals surface area (Å²) < 4.78 is 13.6. The van der Waals surface area contributed by atoms with Crippen LogP contribution in [0.3, 0.4) is 0 Å². The van der Waals surface area contributed by atoms with Crippen LogP contribution in [0.2, 0.25) is 0 Å². The van der Waals surface area contributed by atoms with Gasteiger partial charge in [0.2, 0.25) is 5.91 Å². The quantitative estimate of drug-likeness (QED) is 0.817. The molecule has 0 saturated carbocycles. The van der Waals surface area contributed by atoms with Gasteiger partial charge in [0.05, 0.1) is 12.1 Å². The van der Waals surface area contributed by atoms with Gasteiger partial charge in [0, 0.05) is 18.5 Å².